The van der Waals surface area contributed by atoms with Gasteiger partial charge in [0.25, 0.3) is 0 Å². The van der Waals surface area contributed by atoms with E-state index in [0.717, 1.165) is 19.3 Å². The fraction of sp³-hybridized carbons (Fsp3) is 0.533. The van der Waals surface area contributed by atoms with Crippen LogP contribution in [0.2, 0.25) is 0 Å². The van der Waals surface area contributed by atoms with Crippen LogP contribution in [0, 0.1) is 5.92 Å². The maximum Gasteiger partial charge on any atom is 0.223 e. The van der Waals surface area contributed by atoms with Crippen molar-refractivity contribution in [3.8, 4) is 0 Å². The Balaban J connectivity index is 2.37. The Hall–Kier alpha value is -1.35. The number of amides is 1. The SMILES string of the molecule is CC(CCCO)NC(=O)C(C)Cc1ccccc1. The quantitative estimate of drug-likeness (QED) is 0.778. The fourth-order valence-corrected chi connectivity index (χ4v) is 1.92. The third kappa shape index (κ3) is 5.32. The fourth-order valence-electron chi connectivity index (χ4n) is 1.92. The Bertz CT molecular complexity index is 351. The van der Waals surface area contributed by atoms with Gasteiger partial charge < -0.3 is 10.4 Å². The zero-order valence-corrected chi connectivity index (χ0v) is 11.2. The van der Waals surface area contributed by atoms with Crippen molar-refractivity contribution in [3.05, 3.63) is 35.9 Å². The second-order valence-corrected chi connectivity index (χ2v) is 4.87. The van der Waals surface area contributed by atoms with Crippen LogP contribution >= 0.6 is 0 Å². The first-order chi connectivity index (χ1) is 8.63. The Morgan fingerprint density at radius 3 is 2.56 bits per heavy atom. The van der Waals surface area contributed by atoms with Crippen LogP contribution < -0.4 is 5.32 Å². The molecule has 0 saturated carbocycles. The lowest BCUT2D eigenvalue weighted by atomic mass is 10.00. The number of aliphatic hydroxyl groups is 1. The number of carbonyl (C=O) groups excluding carboxylic acids is 1. The largest absolute Gasteiger partial charge is 0.396 e. The third-order valence-electron chi connectivity index (χ3n) is 3.02. The van der Waals surface area contributed by atoms with Crippen LogP contribution in [0.3, 0.4) is 0 Å². The molecule has 0 spiro atoms. The monoisotopic (exact) mass is 249 g/mol. The van der Waals surface area contributed by atoms with Gasteiger partial charge in [-0.05, 0) is 31.7 Å². The molecule has 1 rings (SSSR count). The molecule has 1 aromatic rings. The summed E-state index contributed by atoms with van der Waals surface area (Å²) in [5.41, 5.74) is 1.18. The predicted molar refractivity (Wildman–Crippen MR) is 73.2 cm³/mol. The molecule has 0 aromatic heterocycles. The maximum absolute atomic E-state index is 11.9. The number of rotatable bonds is 7. The van der Waals surface area contributed by atoms with Crippen molar-refractivity contribution in [2.24, 2.45) is 5.92 Å². The summed E-state index contributed by atoms with van der Waals surface area (Å²) in [5, 5.41) is 11.7. The lowest BCUT2D eigenvalue weighted by Gasteiger charge is -2.17. The molecule has 3 heteroatoms. The molecule has 0 fully saturated rings. The molecule has 3 nitrogen and oxygen atoms in total. The van der Waals surface area contributed by atoms with Crippen LogP contribution in [-0.2, 0) is 11.2 Å². The molecule has 0 heterocycles. The summed E-state index contributed by atoms with van der Waals surface area (Å²) in [6.45, 7) is 4.10. The van der Waals surface area contributed by atoms with Crippen molar-refractivity contribution >= 4 is 5.91 Å². The zero-order valence-electron chi connectivity index (χ0n) is 11.2. The van der Waals surface area contributed by atoms with Crippen molar-refractivity contribution in [1.29, 1.82) is 0 Å². The first kappa shape index (κ1) is 14.7. The van der Waals surface area contributed by atoms with Crippen molar-refractivity contribution in [2.45, 2.75) is 39.2 Å². The van der Waals surface area contributed by atoms with Gasteiger partial charge in [-0.2, -0.15) is 0 Å². The third-order valence-corrected chi connectivity index (χ3v) is 3.02. The van der Waals surface area contributed by atoms with Gasteiger partial charge in [0.2, 0.25) is 5.91 Å². The van der Waals surface area contributed by atoms with Gasteiger partial charge in [-0.25, -0.2) is 0 Å². The molecule has 0 aliphatic carbocycles. The second kappa shape index (κ2) is 7.88. The highest BCUT2D eigenvalue weighted by Gasteiger charge is 2.15. The van der Waals surface area contributed by atoms with Crippen molar-refractivity contribution in [3.63, 3.8) is 0 Å². The molecule has 0 bridgehead atoms. The first-order valence-corrected chi connectivity index (χ1v) is 6.58. The summed E-state index contributed by atoms with van der Waals surface area (Å²) in [5.74, 6) is 0.0632. The number of aliphatic hydroxyl groups excluding tert-OH is 1. The van der Waals surface area contributed by atoms with Crippen LogP contribution in [-0.4, -0.2) is 23.7 Å². The van der Waals surface area contributed by atoms with Gasteiger partial charge in [-0.1, -0.05) is 37.3 Å². The van der Waals surface area contributed by atoms with Crippen molar-refractivity contribution < 1.29 is 9.90 Å². The maximum atomic E-state index is 11.9. The van der Waals surface area contributed by atoms with E-state index >= 15 is 0 Å². The molecule has 1 amide bonds. The number of hydrogen-bond donors (Lipinski definition) is 2. The predicted octanol–water partition coefficient (Wildman–Crippen LogP) is 2.14. The lowest BCUT2D eigenvalue weighted by molar-refractivity contribution is -0.125. The van der Waals surface area contributed by atoms with Crippen LogP contribution in [0.5, 0.6) is 0 Å². The summed E-state index contributed by atoms with van der Waals surface area (Å²) in [7, 11) is 0. The van der Waals surface area contributed by atoms with Crippen LogP contribution in [0.25, 0.3) is 0 Å². The van der Waals surface area contributed by atoms with Gasteiger partial charge in [0.15, 0.2) is 0 Å². The molecule has 2 atom stereocenters. The standard InChI is InChI=1S/C15H23NO2/c1-12(11-14-8-4-3-5-9-14)15(18)16-13(2)7-6-10-17/h3-5,8-9,12-13,17H,6-7,10-11H2,1-2H3,(H,16,18). The average Bonchev–Trinajstić information content (AvgIpc) is 2.37. The highest BCUT2D eigenvalue weighted by molar-refractivity contribution is 5.78. The minimum Gasteiger partial charge on any atom is -0.396 e. The number of benzene rings is 1. The zero-order chi connectivity index (χ0) is 13.4. The second-order valence-electron chi connectivity index (χ2n) is 4.87. The molecule has 0 saturated heterocycles. The van der Waals surface area contributed by atoms with E-state index in [0.29, 0.717) is 0 Å². The molecule has 0 aliphatic rings. The highest BCUT2D eigenvalue weighted by atomic mass is 16.2. The normalized spacial score (nSPS) is 13.9. The van der Waals surface area contributed by atoms with Crippen LogP contribution in [0.15, 0.2) is 30.3 Å². The lowest BCUT2D eigenvalue weighted by Crippen LogP contribution is -2.37. The van der Waals surface area contributed by atoms with Gasteiger partial charge in [-0.15, -0.1) is 0 Å². The van der Waals surface area contributed by atoms with Crippen molar-refractivity contribution in [1.82, 2.24) is 5.32 Å². The topological polar surface area (TPSA) is 49.3 Å². The Kier molecular flexibility index (Phi) is 6.44. The van der Waals surface area contributed by atoms with E-state index < -0.39 is 0 Å². The van der Waals surface area contributed by atoms with E-state index in [2.05, 4.69) is 5.32 Å². The van der Waals surface area contributed by atoms with Gasteiger partial charge in [0.05, 0.1) is 0 Å². The molecule has 2 N–H and O–H groups in total. The molecule has 100 valence electrons. The van der Waals surface area contributed by atoms with Crippen LogP contribution in [0.1, 0.15) is 32.3 Å². The van der Waals surface area contributed by atoms with E-state index in [9.17, 15) is 4.79 Å². The number of hydrogen-bond acceptors (Lipinski definition) is 2. The molecule has 18 heavy (non-hydrogen) atoms. The first-order valence-electron chi connectivity index (χ1n) is 6.58. The van der Waals surface area contributed by atoms with Gasteiger partial charge in [0.1, 0.15) is 0 Å². The summed E-state index contributed by atoms with van der Waals surface area (Å²) in [6.07, 6.45) is 2.31. The van der Waals surface area contributed by atoms with E-state index in [1.54, 1.807) is 0 Å². The molecule has 1 aromatic carbocycles. The summed E-state index contributed by atoms with van der Waals surface area (Å²) in [4.78, 5) is 11.9. The van der Waals surface area contributed by atoms with E-state index in [1.807, 2.05) is 44.2 Å². The molecule has 2 unspecified atom stereocenters. The summed E-state index contributed by atoms with van der Waals surface area (Å²) < 4.78 is 0. The Morgan fingerprint density at radius 1 is 1.28 bits per heavy atom. The summed E-state index contributed by atoms with van der Waals surface area (Å²) >= 11 is 0. The molecular formula is C15H23NO2. The number of nitrogens with one attached hydrogen (secondary N) is 1. The van der Waals surface area contributed by atoms with E-state index in [-0.39, 0.29) is 24.5 Å². The minimum atomic E-state index is -0.0241. The van der Waals surface area contributed by atoms with E-state index in [1.165, 1.54) is 5.56 Å². The molecule has 0 radical (unpaired) electrons. The van der Waals surface area contributed by atoms with Gasteiger partial charge in [0, 0.05) is 18.6 Å². The minimum absolute atomic E-state index is 0.0241. The number of carbonyl (C=O) groups is 1. The van der Waals surface area contributed by atoms with Crippen LogP contribution in [0.4, 0.5) is 0 Å². The molecular weight excluding hydrogens is 226 g/mol. The average molecular weight is 249 g/mol. The highest BCUT2D eigenvalue weighted by Crippen LogP contribution is 2.09. The van der Waals surface area contributed by atoms with Gasteiger partial charge >= 0.3 is 0 Å². The summed E-state index contributed by atoms with van der Waals surface area (Å²) in [6, 6.07) is 10.2. The van der Waals surface area contributed by atoms with E-state index in [4.69, 9.17) is 5.11 Å². The smallest absolute Gasteiger partial charge is 0.223 e. The molecule has 0 aliphatic heterocycles. The Labute approximate surface area is 109 Å². The van der Waals surface area contributed by atoms with Gasteiger partial charge in [-0.3, -0.25) is 4.79 Å². The Morgan fingerprint density at radius 2 is 1.94 bits per heavy atom. The van der Waals surface area contributed by atoms with Crippen molar-refractivity contribution in [2.75, 3.05) is 6.61 Å².